The van der Waals surface area contributed by atoms with E-state index in [0.717, 1.165) is 49.5 Å². The summed E-state index contributed by atoms with van der Waals surface area (Å²) in [5, 5.41) is 0. The summed E-state index contributed by atoms with van der Waals surface area (Å²) < 4.78 is 10.7. The van der Waals surface area contributed by atoms with E-state index in [2.05, 4.69) is 18.7 Å². The normalized spacial score (nSPS) is 14.9. The zero-order valence-corrected chi connectivity index (χ0v) is 11.9. The van der Waals surface area contributed by atoms with Crippen molar-refractivity contribution in [3.63, 3.8) is 0 Å². The van der Waals surface area contributed by atoms with Crippen LogP contribution in [0.25, 0.3) is 0 Å². The van der Waals surface area contributed by atoms with Gasteiger partial charge >= 0.3 is 0 Å². The topological polar surface area (TPSA) is 47.7 Å². The van der Waals surface area contributed by atoms with E-state index in [4.69, 9.17) is 15.2 Å². The monoisotopic (exact) mass is 264 g/mol. The number of nitrogens with zero attached hydrogens (tertiary/aromatic N) is 1. The summed E-state index contributed by atoms with van der Waals surface area (Å²) in [5.74, 6) is 1.63. The van der Waals surface area contributed by atoms with Crippen molar-refractivity contribution in [1.82, 2.24) is 4.90 Å². The molecule has 19 heavy (non-hydrogen) atoms. The molecule has 4 nitrogen and oxygen atoms in total. The summed E-state index contributed by atoms with van der Waals surface area (Å²) in [7, 11) is 0. The van der Waals surface area contributed by atoms with Crippen LogP contribution in [0, 0.1) is 0 Å². The SMILES string of the molecule is CCCN(CCC)CC(N)c1ccc2c(c1)OCO2. The van der Waals surface area contributed by atoms with E-state index in [9.17, 15) is 0 Å². The van der Waals surface area contributed by atoms with Crippen LogP contribution in [0.3, 0.4) is 0 Å². The largest absolute Gasteiger partial charge is 0.454 e. The van der Waals surface area contributed by atoms with Gasteiger partial charge in [-0.15, -0.1) is 0 Å². The van der Waals surface area contributed by atoms with Crippen LogP contribution in [0.5, 0.6) is 11.5 Å². The van der Waals surface area contributed by atoms with Crippen molar-refractivity contribution < 1.29 is 9.47 Å². The van der Waals surface area contributed by atoms with Crippen molar-refractivity contribution >= 4 is 0 Å². The van der Waals surface area contributed by atoms with Gasteiger partial charge in [0.25, 0.3) is 0 Å². The van der Waals surface area contributed by atoms with Gasteiger partial charge in [-0.25, -0.2) is 0 Å². The molecule has 0 aliphatic carbocycles. The maximum atomic E-state index is 6.31. The maximum absolute atomic E-state index is 6.31. The van der Waals surface area contributed by atoms with Crippen molar-refractivity contribution in [2.75, 3.05) is 26.4 Å². The highest BCUT2D eigenvalue weighted by Gasteiger charge is 2.17. The van der Waals surface area contributed by atoms with Gasteiger partial charge in [-0.05, 0) is 43.6 Å². The van der Waals surface area contributed by atoms with Crippen LogP contribution in [-0.4, -0.2) is 31.3 Å². The van der Waals surface area contributed by atoms with Gasteiger partial charge < -0.3 is 20.1 Å². The van der Waals surface area contributed by atoms with Crippen LogP contribution in [-0.2, 0) is 0 Å². The molecule has 1 unspecified atom stereocenters. The van der Waals surface area contributed by atoms with Gasteiger partial charge in [-0.3, -0.25) is 0 Å². The van der Waals surface area contributed by atoms with Crippen LogP contribution in [0.4, 0.5) is 0 Å². The van der Waals surface area contributed by atoms with E-state index < -0.39 is 0 Å². The van der Waals surface area contributed by atoms with E-state index in [1.807, 2.05) is 18.2 Å². The molecule has 2 rings (SSSR count). The minimum Gasteiger partial charge on any atom is -0.454 e. The van der Waals surface area contributed by atoms with E-state index in [0.29, 0.717) is 6.79 Å². The third-order valence-corrected chi connectivity index (χ3v) is 3.36. The fourth-order valence-corrected chi connectivity index (χ4v) is 2.45. The van der Waals surface area contributed by atoms with Crippen molar-refractivity contribution in [3.05, 3.63) is 23.8 Å². The van der Waals surface area contributed by atoms with Gasteiger partial charge in [-0.1, -0.05) is 19.9 Å². The molecule has 1 aromatic carbocycles. The van der Waals surface area contributed by atoms with Crippen LogP contribution in [0.15, 0.2) is 18.2 Å². The molecule has 1 aliphatic rings. The van der Waals surface area contributed by atoms with Gasteiger partial charge in [0.05, 0.1) is 0 Å². The molecule has 1 heterocycles. The zero-order chi connectivity index (χ0) is 13.7. The lowest BCUT2D eigenvalue weighted by Crippen LogP contribution is -2.33. The molecular weight excluding hydrogens is 240 g/mol. The Hall–Kier alpha value is -1.26. The van der Waals surface area contributed by atoms with E-state index >= 15 is 0 Å². The van der Waals surface area contributed by atoms with Crippen LogP contribution in [0.1, 0.15) is 38.3 Å². The van der Waals surface area contributed by atoms with Gasteiger partial charge in [0.2, 0.25) is 6.79 Å². The average Bonchev–Trinajstić information content (AvgIpc) is 2.86. The van der Waals surface area contributed by atoms with Crippen LogP contribution in [0.2, 0.25) is 0 Å². The molecule has 2 N–H and O–H groups in total. The fraction of sp³-hybridized carbons (Fsp3) is 0.600. The Morgan fingerprint density at radius 3 is 2.53 bits per heavy atom. The average molecular weight is 264 g/mol. The number of hydrogen-bond donors (Lipinski definition) is 1. The number of rotatable bonds is 7. The van der Waals surface area contributed by atoms with Crippen LogP contribution < -0.4 is 15.2 Å². The fourth-order valence-electron chi connectivity index (χ4n) is 2.45. The number of ether oxygens (including phenoxy) is 2. The molecule has 0 spiro atoms. The summed E-state index contributed by atoms with van der Waals surface area (Å²) in [6, 6.07) is 6.01. The van der Waals surface area contributed by atoms with Crippen LogP contribution >= 0.6 is 0 Å². The number of benzene rings is 1. The molecule has 0 fully saturated rings. The molecule has 1 aliphatic heterocycles. The molecule has 106 valence electrons. The lowest BCUT2D eigenvalue weighted by atomic mass is 10.1. The second-order valence-corrected chi connectivity index (χ2v) is 5.02. The lowest BCUT2D eigenvalue weighted by Gasteiger charge is -2.25. The highest BCUT2D eigenvalue weighted by atomic mass is 16.7. The summed E-state index contributed by atoms with van der Waals surface area (Å²) in [4.78, 5) is 2.43. The Morgan fingerprint density at radius 2 is 1.84 bits per heavy atom. The van der Waals surface area contributed by atoms with Gasteiger partial charge in [-0.2, -0.15) is 0 Å². The number of hydrogen-bond acceptors (Lipinski definition) is 4. The van der Waals surface area contributed by atoms with Gasteiger partial charge in [0, 0.05) is 12.6 Å². The lowest BCUT2D eigenvalue weighted by molar-refractivity contribution is 0.174. The Labute approximate surface area is 115 Å². The molecule has 0 aromatic heterocycles. The summed E-state index contributed by atoms with van der Waals surface area (Å²) in [6.45, 7) is 7.81. The zero-order valence-electron chi connectivity index (χ0n) is 11.9. The smallest absolute Gasteiger partial charge is 0.231 e. The van der Waals surface area contributed by atoms with E-state index in [1.54, 1.807) is 0 Å². The predicted molar refractivity (Wildman–Crippen MR) is 76.5 cm³/mol. The molecule has 0 amide bonds. The highest BCUT2D eigenvalue weighted by Crippen LogP contribution is 2.33. The van der Waals surface area contributed by atoms with Crippen molar-refractivity contribution in [1.29, 1.82) is 0 Å². The molecule has 1 aromatic rings. The molecule has 0 saturated heterocycles. The first-order valence-electron chi connectivity index (χ1n) is 7.12. The minimum absolute atomic E-state index is 0.0209. The van der Waals surface area contributed by atoms with E-state index in [1.165, 1.54) is 0 Å². The van der Waals surface area contributed by atoms with Crippen molar-refractivity contribution in [2.45, 2.75) is 32.7 Å². The molecule has 0 bridgehead atoms. The number of fused-ring (bicyclic) bond motifs is 1. The summed E-state index contributed by atoms with van der Waals surface area (Å²) in [5.41, 5.74) is 7.42. The first-order chi connectivity index (χ1) is 9.24. The standard InChI is InChI=1S/C15H24N2O2/c1-3-7-17(8-4-2)10-13(16)12-5-6-14-15(9-12)19-11-18-14/h5-6,9,13H,3-4,7-8,10-11,16H2,1-2H3. The Morgan fingerprint density at radius 1 is 1.16 bits per heavy atom. The van der Waals surface area contributed by atoms with E-state index in [-0.39, 0.29) is 6.04 Å². The van der Waals surface area contributed by atoms with Crippen molar-refractivity contribution in [3.8, 4) is 11.5 Å². The Kier molecular flexibility index (Phi) is 5.05. The Bertz CT molecular complexity index is 403. The second-order valence-electron chi connectivity index (χ2n) is 5.02. The first kappa shape index (κ1) is 14.2. The summed E-state index contributed by atoms with van der Waals surface area (Å²) >= 11 is 0. The molecular formula is C15H24N2O2. The summed E-state index contributed by atoms with van der Waals surface area (Å²) in [6.07, 6.45) is 2.32. The highest BCUT2D eigenvalue weighted by molar-refractivity contribution is 5.45. The van der Waals surface area contributed by atoms with Gasteiger partial charge in [0.1, 0.15) is 0 Å². The minimum atomic E-state index is 0.0209. The third-order valence-electron chi connectivity index (χ3n) is 3.36. The second kappa shape index (κ2) is 6.78. The van der Waals surface area contributed by atoms with Gasteiger partial charge in [0.15, 0.2) is 11.5 Å². The van der Waals surface area contributed by atoms with Crippen molar-refractivity contribution in [2.24, 2.45) is 5.73 Å². The quantitative estimate of drug-likeness (QED) is 0.822. The first-order valence-corrected chi connectivity index (χ1v) is 7.12. The number of nitrogens with two attached hydrogens (primary N) is 1. The molecule has 0 radical (unpaired) electrons. The molecule has 4 heteroatoms. The third kappa shape index (κ3) is 3.61. The predicted octanol–water partition coefficient (Wildman–Crippen LogP) is 2.54. The maximum Gasteiger partial charge on any atom is 0.231 e. The molecule has 1 atom stereocenters. The molecule has 0 saturated carbocycles. The Balaban J connectivity index is 2.00.